The zero-order valence-corrected chi connectivity index (χ0v) is 14.1. The Balaban J connectivity index is 2.20. The van der Waals surface area contributed by atoms with Crippen molar-refractivity contribution in [2.45, 2.75) is 38.0 Å². The summed E-state index contributed by atoms with van der Waals surface area (Å²) < 4.78 is 26.8. The summed E-state index contributed by atoms with van der Waals surface area (Å²) in [6.45, 7) is 5.64. The molecule has 0 unspecified atom stereocenters. The van der Waals surface area contributed by atoms with Crippen LogP contribution < -0.4 is 5.32 Å². The fourth-order valence-electron chi connectivity index (χ4n) is 2.29. The summed E-state index contributed by atoms with van der Waals surface area (Å²) in [6, 6.07) is 1.54. The van der Waals surface area contributed by atoms with Crippen molar-refractivity contribution in [2.24, 2.45) is 5.92 Å². The van der Waals surface area contributed by atoms with E-state index < -0.39 is 10.0 Å². The van der Waals surface area contributed by atoms with Gasteiger partial charge in [0, 0.05) is 19.6 Å². The highest BCUT2D eigenvalue weighted by Crippen LogP contribution is 2.27. The molecule has 1 fully saturated rings. The van der Waals surface area contributed by atoms with Gasteiger partial charge in [-0.15, -0.1) is 11.3 Å². The molecule has 2 rings (SSSR count). The SMILES string of the molecule is CC(C)CNC(=O)c1sccc1S(=O)(=O)N1CCCCC1. The lowest BCUT2D eigenvalue weighted by Gasteiger charge is -2.25. The second-order valence-corrected chi connectivity index (χ2v) is 8.51. The Morgan fingerprint density at radius 2 is 2.00 bits per heavy atom. The topological polar surface area (TPSA) is 66.5 Å². The van der Waals surface area contributed by atoms with Gasteiger partial charge in [0.1, 0.15) is 9.77 Å². The number of thiophene rings is 1. The van der Waals surface area contributed by atoms with Crippen LogP contribution in [-0.2, 0) is 10.0 Å². The molecular formula is C14H22N2O3S2. The van der Waals surface area contributed by atoms with E-state index in [0.717, 1.165) is 19.3 Å². The summed E-state index contributed by atoms with van der Waals surface area (Å²) in [5.74, 6) is 0.0327. The fourth-order valence-corrected chi connectivity index (χ4v) is 5.12. The number of piperidine rings is 1. The number of nitrogens with zero attached hydrogens (tertiary/aromatic N) is 1. The first-order valence-corrected chi connectivity index (χ1v) is 9.60. The molecule has 0 aromatic carbocycles. The Labute approximate surface area is 130 Å². The van der Waals surface area contributed by atoms with E-state index in [1.807, 2.05) is 13.8 Å². The summed E-state index contributed by atoms with van der Waals surface area (Å²) >= 11 is 1.18. The molecule has 0 radical (unpaired) electrons. The molecule has 1 aromatic rings. The number of carbonyl (C=O) groups excluding carboxylic acids is 1. The van der Waals surface area contributed by atoms with E-state index in [0.29, 0.717) is 30.4 Å². The highest BCUT2D eigenvalue weighted by molar-refractivity contribution is 7.89. The molecule has 1 N–H and O–H groups in total. The molecule has 7 heteroatoms. The Kier molecular flexibility index (Phi) is 5.40. The maximum atomic E-state index is 12.7. The average molecular weight is 330 g/mol. The second-order valence-electron chi connectivity index (χ2n) is 5.68. The van der Waals surface area contributed by atoms with Crippen LogP contribution >= 0.6 is 11.3 Å². The third-order valence-electron chi connectivity index (χ3n) is 3.44. The maximum Gasteiger partial charge on any atom is 0.262 e. The highest BCUT2D eigenvalue weighted by atomic mass is 32.2. The number of sulfonamides is 1. The summed E-state index contributed by atoms with van der Waals surface area (Å²) in [5.41, 5.74) is 0. The van der Waals surface area contributed by atoms with Crippen LogP contribution in [-0.4, -0.2) is 38.3 Å². The van der Waals surface area contributed by atoms with Gasteiger partial charge in [0.05, 0.1) is 0 Å². The van der Waals surface area contributed by atoms with Crippen molar-refractivity contribution in [1.82, 2.24) is 9.62 Å². The number of hydrogen-bond donors (Lipinski definition) is 1. The smallest absolute Gasteiger partial charge is 0.262 e. The van der Waals surface area contributed by atoms with Crippen LogP contribution in [0, 0.1) is 5.92 Å². The zero-order chi connectivity index (χ0) is 15.5. The summed E-state index contributed by atoms with van der Waals surface area (Å²) in [5, 5.41) is 4.46. The number of rotatable bonds is 5. The predicted octanol–water partition coefficient (Wildman–Crippen LogP) is 2.31. The monoisotopic (exact) mass is 330 g/mol. The van der Waals surface area contributed by atoms with E-state index in [4.69, 9.17) is 0 Å². The van der Waals surface area contributed by atoms with Crippen LogP contribution in [0.5, 0.6) is 0 Å². The molecule has 118 valence electrons. The number of hydrogen-bond acceptors (Lipinski definition) is 4. The largest absolute Gasteiger partial charge is 0.351 e. The molecule has 2 heterocycles. The van der Waals surface area contributed by atoms with E-state index in [9.17, 15) is 13.2 Å². The van der Waals surface area contributed by atoms with E-state index >= 15 is 0 Å². The molecular weight excluding hydrogens is 308 g/mol. The van der Waals surface area contributed by atoms with Crippen molar-refractivity contribution in [2.75, 3.05) is 19.6 Å². The molecule has 0 atom stereocenters. The zero-order valence-electron chi connectivity index (χ0n) is 12.5. The predicted molar refractivity (Wildman–Crippen MR) is 84.1 cm³/mol. The van der Waals surface area contributed by atoms with Gasteiger partial charge in [0.15, 0.2) is 0 Å². The number of nitrogens with one attached hydrogen (secondary N) is 1. The van der Waals surface area contributed by atoms with Crippen LogP contribution in [0.3, 0.4) is 0 Å². The van der Waals surface area contributed by atoms with E-state index in [2.05, 4.69) is 5.32 Å². The van der Waals surface area contributed by atoms with Gasteiger partial charge >= 0.3 is 0 Å². The molecule has 1 aliphatic rings. The number of carbonyl (C=O) groups is 1. The van der Waals surface area contributed by atoms with Crippen LogP contribution in [0.4, 0.5) is 0 Å². The average Bonchev–Trinajstić information content (AvgIpc) is 2.96. The van der Waals surface area contributed by atoms with Gasteiger partial charge in [-0.2, -0.15) is 4.31 Å². The molecule has 1 amide bonds. The summed E-state index contributed by atoms with van der Waals surface area (Å²) in [7, 11) is -3.55. The molecule has 0 bridgehead atoms. The number of amides is 1. The summed E-state index contributed by atoms with van der Waals surface area (Å²) in [6.07, 6.45) is 2.84. The standard InChI is InChI=1S/C14H22N2O3S2/c1-11(2)10-15-14(17)13-12(6-9-20-13)21(18,19)16-7-4-3-5-8-16/h6,9,11H,3-5,7-8,10H2,1-2H3,(H,15,17). The lowest BCUT2D eigenvalue weighted by Crippen LogP contribution is -2.36. The minimum atomic E-state index is -3.55. The second kappa shape index (κ2) is 6.89. The minimum Gasteiger partial charge on any atom is -0.351 e. The lowest BCUT2D eigenvalue weighted by atomic mass is 10.2. The van der Waals surface area contributed by atoms with E-state index in [1.165, 1.54) is 15.6 Å². The van der Waals surface area contributed by atoms with Crippen LogP contribution in [0.2, 0.25) is 0 Å². The van der Waals surface area contributed by atoms with Crippen LogP contribution in [0.15, 0.2) is 16.3 Å². The van der Waals surface area contributed by atoms with Gasteiger partial charge in [0.25, 0.3) is 5.91 Å². The van der Waals surface area contributed by atoms with Crippen molar-refractivity contribution in [1.29, 1.82) is 0 Å². The van der Waals surface area contributed by atoms with Crippen molar-refractivity contribution in [3.8, 4) is 0 Å². The quantitative estimate of drug-likeness (QED) is 0.901. The Bertz CT molecular complexity index is 587. The Hall–Kier alpha value is -0.920. The van der Waals surface area contributed by atoms with Gasteiger partial charge in [-0.05, 0) is 30.2 Å². The van der Waals surface area contributed by atoms with Gasteiger partial charge in [0.2, 0.25) is 10.0 Å². The molecule has 0 aliphatic carbocycles. The molecule has 21 heavy (non-hydrogen) atoms. The highest BCUT2D eigenvalue weighted by Gasteiger charge is 2.30. The molecule has 1 saturated heterocycles. The summed E-state index contributed by atoms with van der Waals surface area (Å²) in [4.78, 5) is 12.6. The van der Waals surface area contributed by atoms with E-state index in [1.54, 1.807) is 11.4 Å². The molecule has 5 nitrogen and oxygen atoms in total. The first-order valence-electron chi connectivity index (χ1n) is 7.28. The lowest BCUT2D eigenvalue weighted by molar-refractivity contribution is 0.0950. The fraction of sp³-hybridized carbons (Fsp3) is 0.643. The normalized spacial score (nSPS) is 17.1. The molecule has 1 aliphatic heterocycles. The third-order valence-corrected chi connectivity index (χ3v) is 6.42. The van der Waals surface area contributed by atoms with Gasteiger partial charge in [-0.3, -0.25) is 4.79 Å². The van der Waals surface area contributed by atoms with Gasteiger partial charge in [-0.1, -0.05) is 20.3 Å². The van der Waals surface area contributed by atoms with Crippen LogP contribution in [0.1, 0.15) is 42.8 Å². The van der Waals surface area contributed by atoms with Crippen LogP contribution in [0.25, 0.3) is 0 Å². The van der Waals surface area contributed by atoms with Crippen molar-refractivity contribution in [3.05, 3.63) is 16.3 Å². The van der Waals surface area contributed by atoms with Crippen molar-refractivity contribution < 1.29 is 13.2 Å². The van der Waals surface area contributed by atoms with Crippen molar-refractivity contribution >= 4 is 27.3 Å². The first kappa shape index (κ1) is 16.5. The Morgan fingerprint density at radius 3 is 2.62 bits per heavy atom. The first-order chi connectivity index (χ1) is 9.93. The maximum absolute atomic E-state index is 12.7. The Morgan fingerprint density at radius 1 is 1.33 bits per heavy atom. The van der Waals surface area contributed by atoms with Gasteiger partial charge < -0.3 is 5.32 Å². The molecule has 0 spiro atoms. The van der Waals surface area contributed by atoms with Gasteiger partial charge in [-0.25, -0.2) is 8.42 Å². The van der Waals surface area contributed by atoms with E-state index in [-0.39, 0.29) is 10.8 Å². The molecule has 1 aromatic heterocycles. The minimum absolute atomic E-state index is 0.149. The van der Waals surface area contributed by atoms with Crippen molar-refractivity contribution in [3.63, 3.8) is 0 Å². The molecule has 0 saturated carbocycles. The third kappa shape index (κ3) is 3.84.